The van der Waals surface area contributed by atoms with Gasteiger partial charge in [-0.05, 0) is 70.0 Å². The van der Waals surface area contributed by atoms with Crippen LogP contribution in [0.3, 0.4) is 0 Å². The molecule has 31 heavy (non-hydrogen) atoms. The molecule has 2 N–H and O–H groups in total. The quantitative estimate of drug-likeness (QED) is 0.178. The minimum atomic E-state index is -0.949. The van der Waals surface area contributed by atoms with Gasteiger partial charge in [0, 0.05) is 4.47 Å². The summed E-state index contributed by atoms with van der Waals surface area (Å²) in [5.41, 5.74) is 3.48. The lowest BCUT2D eigenvalue weighted by molar-refractivity contribution is -0.136. The lowest BCUT2D eigenvalue weighted by Crippen LogP contribution is -2.32. The molecule has 0 saturated heterocycles. The standard InChI is InChI=1S/C22H15BrClN3O4/c23-17-6-2-1-5-16(17)22(30)31-15-11-9-14(10-12-15)13-25-27-21(29)20(28)26-19-8-4-3-7-18(19)24/h1-13H,(H,26,28)(H,27,29)/b25-13-. The Morgan fingerprint density at radius 3 is 2.29 bits per heavy atom. The highest BCUT2D eigenvalue weighted by atomic mass is 79.9. The molecular formula is C22H15BrClN3O4. The number of amides is 2. The predicted molar refractivity (Wildman–Crippen MR) is 121 cm³/mol. The van der Waals surface area contributed by atoms with Gasteiger partial charge >= 0.3 is 17.8 Å². The highest BCUT2D eigenvalue weighted by molar-refractivity contribution is 9.10. The molecule has 0 saturated carbocycles. The number of esters is 1. The van der Waals surface area contributed by atoms with Crippen molar-refractivity contribution in [3.05, 3.63) is 93.4 Å². The third-order valence-corrected chi connectivity index (χ3v) is 4.91. The Bertz CT molecular complexity index is 1150. The van der Waals surface area contributed by atoms with Gasteiger partial charge in [0.25, 0.3) is 0 Å². The van der Waals surface area contributed by atoms with E-state index in [1.165, 1.54) is 6.21 Å². The zero-order valence-corrected chi connectivity index (χ0v) is 18.2. The number of nitrogens with zero attached hydrogens (tertiary/aromatic N) is 1. The van der Waals surface area contributed by atoms with Gasteiger partial charge in [-0.2, -0.15) is 5.10 Å². The van der Waals surface area contributed by atoms with Crippen LogP contribution >= 0.6 is 27.5 Å². The molecule has 3 rings (SSSR count). The molecule has 156 valence electrons. The van der Waals surface area contributed by atoms with Crippen molar-refractivity contribution in [2.75, 3.05) is 5.32 Å². The summed E-state index contributed by atoms with van der Waals surface area (Å²) >= 11 is 9.24. The predicted octanol–water partition coefficient (Wildman–Crippen LogP) is 4.41. The van der Waals surface area contributed by atoms with E-state index in [2.05, 4.69) is 31.8 Å². The van der Waals surface area contributed by atoms with Crippen molar-refractivity contribution in [1.82, 2.24) is 5.43 Å². The third-order valence-electron chi connectivity index (χ3n) is 3.89. The van der Waals surface area contributed by atoms with Gasteiger partial charge in [-0.15, -0.1) is 0 Å². The van der Waals surface area contributed by atoms with E-state index in [1.807, 2.05) is 0 Å². The Hall–Kier alpha value is -3.49. The maximum Gasteiger partial charge on any atom is 0.344 e. The molecule has 0 aliphatic carbocycles. The van der Waals surface area contributed by atoms with Crippen LogP contribution in [0.1, 0.15) is 15.9 Å². The fraction of sp³-hybridized carbons (Fsp3) is 0. The maximum absolute atomic E-state index is 12.2. The molecule has 0 bridgehead atoms. The second-order valence-corrected chi connectivity index (χ2v) is 7.33. The lowest BCUT2D eigenvalue weighted by Gasteiger charge is -2.06. The minimum absolute atomic E-state index is 0.313. The van der Waals surface area contributed by atoms with Gasteiger partial charge in [0.2, 0.25) is 0 Å². The number of hydrazone groups is 1. The molecule has 9 heteroatoms. The van der Waals surface area contributed by atoms with Crippen LogP contribution in [0.4, 0.5) is 5.69 Å². The van der Waals surface area contributed by atoms with Crippen LogP contribution in [0.25, 0.3) is 0 Å². The Kier molecular flexibility index (Phi) is 7.53. The highest BCUT2D eigenvalue weighted by Crippen LogP contribution is 2.20. The number of nitrogens with one attached hydrogen (secondary N) is 2. The smallest absolute Gasteiger partial charge is 0.344 e. The largest absolute Gasteiger partial charge is 0.423 e. The molecule has 3 aromatic rings. The van der Waals surface area contributed by atoms with Crippen molar-refractivity contribution in [2.45, 2.75) is 0 Å². The number of anilines is 1. The first-order valence-corrected chi connectivity index (χ1v) is 10.1. The van der Waals surface area contributed by atoms with Gasteiger partial charge in [-0.1, -0.05) is 35.9 Å². The number of carbonyl (C=O) groups excluding carboxylic acids is 3. The second-order valence-electron chi connectivity index (χ2n) is 6.07. The summed E-state index contributed by atoms with van der Waals surface area (Å²) in [5, 5.41) is 6.45. The zero-order valence-electron chi connectivity index (χ0n) is 15.8. The summed E-state index contributed by atoms with van der Waals surface area (Å²) in [6, 6.07) is 19.9. The number of carbonyl (C=O) groups is 3. The fourth-order valence-electron chi connectivity index (χ4n) is 2.37. The summed E-state index contributed by atoms with van der Waals surface area (Å²) in [6.45, 7) is 0. The molecule has 0 aliphatic heterocycles. The van der Waals surface area contributed by atoms with E-state index in [-0.39, 0.29) is 0 Å². The van der Waals surface area contributed by atoms with E-state index in [0.717, 1.165) is 0 Å². The molecule has 0 aliphatic rings. The molecule has 3 aromatic carbocycles. The number of hydrogen-bond donors (Lipinski definition) is 2. The fourth-order valence-corrected chi connectivity index (χ4v) is 3.00. The normalized spacial score (nSPS) is 10.5. The first kappa shape index (κ1) is 22.2. The van der Waals surface area contributed by atoms with Crippen LogP contribution in [0.5, 0.6) is 5.75 Å². The van der Waals surface area contributed by atoms with Gasteiger partial charge in [0.1, 0.15) is 5.75 Å². The highest BCUT2D eigenvalue weighted by Gasteiger charge is 2.14. The summed E-state index contributed by atoms with van der Waals surface area (Å²) in [5.74, 6) is -2.00. The van der Waals surface area contributed by atoms with Crippen LogP contribution in [0.2, 0.25) is 5.02 Å². The van der Waals surface area contributed by atoms with E-state index < -0.39 is 17.8 Å². The zero-order chi connectivity index (χ0) is 22.2. The third kappa shape index (κ3) is 6.24. The molecule has 0 spiro atoms. The van der Waals surface area contributed by atoms with Crippen molar-refractivity contribution < 1.29 is 19.1 Å². The van der Waals surface area contributed by atoms with Crippen molar-refractivity contribution >= 4 is 57.2 Å². The van der Waals surface area contributed by atoms with Crippen molar-refractivity contribution in [3.8, 4) is 5.75 Å². The Labute approximate surface area is 191 Å². The van der Waals surface area contributed by atoms with E-state index in [1.54, 1.807) is 72.8 Å². The van der Waals surface area contributed by atoms with Crippen LogP contribution in [-0.2, 0) is 9.59 Å². The number of ether oxygens (including phenoxy) is 1. The molecule has 0 atom stereocenters. The molecular weight excluding hydrogens is 486 g/mol. The molecule has 0 unspecified atom stereocenters. The second kappa shape index (κ2) is 10.5. The number of para-hydroxylation sites is 1. The van der Waals surface area contributed by atoms with Gasteiger partial charge in [0.15, 0.2) is 0 Å². The lowest BCUT2D eigenvalue weighted by atomic mass is 10.2. The van der Waals surface area contributed by atoms with Gasteiger partial charge in [-0.25, -0.2) is 10.2 Å². The average molecular weight is 501 g/mol. The van der Waals surface area contributed by atoms with Crippen LogP contribution in [0.15, 0.2) is 82.4 Å². The topological polar surface area (TPSA) is 96.9 Å². The van der Waals surface area contributed by atoms with E-state index in [0.29, 0.717) is 32.1 Å². The van der Waals surface area contributed by atoms with E-state index in [9.17, 15) is 14.4 Å². The number of halogens is 2. The minimum Gasteiger partial charge on any atom is -0.423 e. The Morgan fingerprint density at radius 2 is 1.58 bits per heavy atom. The summed E-state index contributed by atoms with van der Waals surface area (Å²) in [7, 11) is 0. The van der Waals surface area contributed by atoms with Gasteiger partial charge < -0.3 is 10.1 Å². The first-order valence-electron chi connectivity index (χ1n) is 8.90. The molecule has 0 radical (unpaired) electrons. The SMILES string of the molecule is O=C(N/N=C\c1ccc(OC(=O)c2ccccc2Br)cc1)C(=O)Nc1ccccc1Cl. The summed E-state index contributed by atoms with van der Waals surface area (Å²) < 4.78 is 5.97. The molecule has 0 fully saturated rings. The summed E-state index contributed by atoms with van der Waals surface area (Å²) in [6.07, 6.45) is 1.35. The molecule has 2 amide bonds. The average Bonchev–Trinajstić information content (AvgIpc) is 2.76. The number of benzene rings is 3. The van der Waals surface area contributed by atoms with Crippen LogP contribution in [0, 0.1) is 0 Å². The van der Waals surface area contributed by atoms with Gasteiger partial charge in [0.05, 0.1) is 22.5 Å². The van der Waals surface area contributed by atoms with Crippen molar-refractivity contribution in [2.24, 2.45) is 5.10 Å². The monoisotopic (exact) mass is 499 g/mol. The van der Waals surface area contributed by atoms with Crippen molar-refractivity contribution in [3.63, 3.8) is 0 Å². The Balaban J connectivity index is 1.53. The molecule has 7 nitrogen and oxygen atoms in total. The number of rotatable bonds is 5. The number of hydrogen-bond acceptors (Lipinski definition) is 5. The molecule has 0 aromatic heterocycles. The van der Waals surface area contributed by atoms with Crippen LogP contribution in [-0.4, -0.2) is 24.0 Å². The summed E-state index contributed by atoms with van der Waals surface area (Å²) in [4.78, 5) is 35.9. The Morgan fingerprint density at radius 1 is 0.903 bits per heavy atom. The van der Waals surface area contributed by atoms with E-state index >= 15 is 0 Å². The molecule has 0 heterocycles. The maximum atomic E-state index is 12.2. The first-order chi connectivity index (χ1) is 14.9. The van der Waals surface area contributed by atoms with E-state index in [4.69, 9.17) is 16.3 Å². The van der Waals surface area contributed by atoms with Crippen molar-refractivity contribution in [1.29, 1.82) is 0 Å². The van der Waals surface area contributed by atoms with Crippen LogP contribution < -0.4 is 15.5 Å². The van der Waals surface area contributed by atoms with Gasteiger partial charge in [-0.3, -0.25) is 9.59 Å².